The van der Waals surface area contributed by atoms with Crippen LogP contribution in [0, 0.1) is 17.9 Å². The maximum absolute atomic E-state index is 9.61. The van der Waals surface area contributed by atoms with Crippen LogP contribution in [0.5, 0.6) is 0 Å². The minimum atomic E-state index is -0.325. The summed E-state index contributed by atoms with van der Waals surface area (Å²) in [5, 5.41) is 9.61. The lowest BCUT2D eigenvalue weighted by Gasteiger charge is -2.41. The lowest BCUT2D eigenvalue weighted by Crippen LogP contribution is -2.37. The minimum Gasteiger partial charge on any atom is -0.487 e. The molecule has 4 heteroatoms. The van der Waals surface area contributed by atoms with Crippen molar-refractivity contribution in [1.82, 2.24) is 0 Å². The van der Waals surface area contributed by atoms with Crippen LogP contribution in [0.4, 0.5) is 17.1 Å². The second kappa shape index (κ2) is 14.5. The van der Waals surface area contributed by atoms with Crippen molar-refractivity contribution in [3.8, 4) is 17.2 Å². The third-order valence-corrected chi connectivity index (χ3v) is 9.73. The van der Waals surface area contributed by atoms with Crippen LogP contribution in [-0.2, 0) is 4.74 Å². The summed E-state index contributed by atoms with van der Waals surface area (Å²) >= 11 is 0. The first kappa shape index (κ1) is 31.7. The van der Waals surface area contributed by atoms with E-state index in [4.69, 9.17) is 11.3 Å². The molecule has 7 rings (SSSR count). The average Bonchev–Trinajstić information content (AvgIpc) is 3.17. The quantitative estimate of drug-likeness (QED) is 0.150. The maximum Gasteiger partial charge on any atom is 0.265 e. The average molecular weight is 638 g/mol. The Bertz CT molecular complexity index is 2010. The van der Waals surface area contributed by atoms with E-state index in [1.54, 1.807) is 0 Å². The van der Waals surface area contributed by atoms with E-state index >= 15 is 0 Å². The van der Waals surface area contributed by atoms with Crippen molar-refractivity contribution < 1.29 is 4.74 Å². The number of rotatable bonds is 7. The van der Waals surface area contributed by atoms with E-state index in [0.717, 1.165) is 66.7 Å². The molecule has 4 aromatic rings. The van der Waals surface area contributed by atoms with Crippen LogP contribution in [0.25, 0.3) is 27.6 Å². The Morgan fingerprint density at radius 3 is 2.00 bits per heavy atom. The van der Waals surface area contributed by atoms with Gasteiger partial charge in [0.1, 0.15) is 11.4 Å². The zero-order valence-corrected chi connectivity index (χ0v) is 27.7. The summed E-state index contributed by atoms with van der Waals surface area (Å²) in [5.41, 5.74) is 9.78. The zero-order chi connectivity index (χ0) is 33.5. The van der Waals surface area contributed by atoms with Crippen LogP contribution in [-0.4, -0.2) is 5.60 Å². The number of allylic oxidation sites excluding steroid dienone is 7. The molecule has 1 aliphatic heterocycles. The largest absolute Gasteiger partial charge is 0.487 e. The van der Waals surface area contributed by atoms with E-state index in [1.165, 1.54) is 28.7 Å². The molecule has 240 valence electrons. The highest BCUT2D eigenvalue weighted by atomic mass is 16.5. The molecule has 0 bridgehead atoms. The zero-order valence-electron chi connectivity index (χ0n) is 27.7. The molecule has 4 aromatic carbocycles. The van der Waals surface area contributed by atoms with Gasteiger partial charge >= 0.3 is 0 Å². The molecule has 0 atom stereocenters. The van der Waals surface area contributed by atoms with Gasteiger partial charge < -0.3 is 9.64 Å². The third kappa shape index (κ3) is 7.20. The van der Waals surface area contributed by atoms with Crippen LogP contribution >= 0.6 is 0 Å². The summed E-state index contributed by atoms with van der Waals surface area (Å²) in [5.74, 6) is 0.715. The van der Waals surface area contributed by atoms with Crippen molar-refractivity contribution in [2.24, 2.45) is 0 Å². The molecule has 3 aliphatic rings. The predicted octanol–water partition coefficient (Wildman–Crippen LogP) is 12.3. The normalized spacial score (nSPS) is 17.8. The minimum absolute atomic E-state index is 0.167. The summed E-state index contributed by atoms with van der Waals surface area (Å²) in [4.78, 5) is 5.81. The smallest absolute Gasteiger partial charge is 0.265 e. The molecule has 1 spiro atoms. The molecular weight excluding hydrogens is 599 g/mol. The second-order valence-electron chi connectivity index (χ2n) is 13.0. The van der Waals surface area contributed by atoms with Crippen LogP contribution < -0.4 is 4.90 Å². The molecule has 1 fully saturated rings. The molecule has 0 amide bonds. The van der Waals surface area contributed by atoms with Gasteiger partial charge in [0.15, 0.2) is 0 Å². The third-order valence-electron chi connectivity index (χ3n) is 9.73. The Labute approximate surface area is 290 Å². The van der Waals surface area contributed by atoms with Gasteiger partial charge in [-0.05, 0) is 120 Å². The van der Waals surface area contributed by atoms with Crippen LogP contribution in [0.3, 0.4) is 0 Å². The van der Waals surface area contributed by atoms with Gasteiger partial charge in [0.05, 0.1) is 12.6 Å². The first-order valence-corrected chi connectivity index (χ1v) is 17.3. The van der Waals surface area contributed by atoms with Crippen LogP contribution in [0.15, 0.2) is 151 Å². The van der Waals surface area contributed by atoms with Gasteiger partial charge in [-0.1, -0.05) is 97.5 Å². The van der Waals surface area contributed by atoms with Gasteiger partial charge in [0.2, 0.25) is 0 Å². The summed E-state index contributed by atoms with van der Waals surface area (Å²) in [6.45, 7) is 7.53. The molecule has 0 saturated heterocycles. The highest BCUT2D eigenvalue weighted by Crippen LogP contribution is 2.43. The van der Waals surface area contributed by atoms with E-state index in [-0.39, 0.29) is 11.3 Å². The molecular formula is C45H39N3O. The molecule has 0 N–H and O–H groups in total. The lowest BCUT2D eigenvalue weighted by molar-refractivity contribution is -0.0285. The number of benzene rings is 4. The SMILES string of the molecule is [C-]#[N+]C(C#N)=C1C=C(C=Cc2ccc(N(c3ccc(C4=CCCC=C4)cc3)c3ccc(-c4ccccc4)cc3)cc2)OC2(CCCCC2)C1. The molecule has 0 radical (unpaired) electrons. The number of hydrogen-bond acceptors (Lipinski definition) is 3. The fraction of sp³-hybridized carbons (Fsp3) is 0.200. The van der Waals surface area contributed by atoms with Crippen molar-refractivity contribution in [3.05, 3.63) is 173 Å². The molecule has 0 aromatic heterocycles. The maximum atomic E-state index is 9.61. The number of ether oxygens (including phenoxy) is 1. The number of anilines is 3. The van der Waals surface area contributed by atoms with E-state index < -0.39 is 0 Å². The monoisotopic (exact) mass is 637 g/mol. The van der Waals surface area contributed by atoms with E-state index in [2.05, 4.69) is 137 Å². The summed E-state index contributed by atoms with van der Waals surface area (Å²) in [7, 11) is 0. The second-order valence-corrected chi connectivity index (χ2v) is 13.0. The van der Waals surface area contributed by atoms with Crippen LogP contribution in [0.1, 0.15) is 62.5 Å². The van der Waals surface area contributed by atoms with Gasteiger partial charge in [-0.25, -0.2) is 10.1 Å². The van der Waals surface area contributed by atoms with E-state index in [1.807, 2.05) is 18.2 Å². The number of nitriles is 1. The Balaban J connectivity index is 1.18. The molecule has 4 nitrogen and oxygen atoms in total. The Morgan fingerprint density at radius 1 is 0.755 bits per heavy atom. The van der Waals surface area contributed by atoms with Gasteiger partial charge in [-0.3, -0.25) is 0 Å². The lowest BCUT2D eigenvalue weighted by atomic mass is 9.78. The van der Waals surface area contributed by atoms with Gasteiger partial charge in [0.25, 0.3) is 5.70 Å². The van der Waals surface area contributed by atoms with Gasteiger partial charge in [0, 0.05) is 23.5 Å². The molecule has 1 saturated carbocycles. The van der Waals surface area contributed by atoms with E-state index in [0.29, 0.717) is 12.2 Å². The highest BCUT2D eigenvalue weighted by molar-refractivity contribution is 5.81. The summed E-state index contributed by atoms with van der Waals surface area (Å²) in [6.07, 6.45) is 20.8. The fourth-order valence-electron chi connectivity index (χ4n) is 7.19. The Kier molecular flexibility index (Phi) is 9.40. The van der Waals surface area contributed by atoms with Crippen molar-refractivity contribution >= 4 is 28.7 Å². The fourth-order valence-corrected chi connectivity index (χ4v) is 7.19. The highest BCUT2D eigenvalue weighted by Gasteiger charge is 2.38. The van der Waals surface area contributed by atoms with Crippen molar-refractivity contribution in [3.63, 3.8) is 0 Å². The van der Waals surface area contributed by atoms with Crippen LogP contribution in [0.2, 0.25) is 0 Å². The first-order valence-electron chi connectivity index (χ1n) is 17.3. The summed E-state index contributed by atoms with van der Waals surface area (Å²) in [6, 6.07) is 38.7. The molecule has 0 unspecified atom stereocenters. The molecule has 1 heterocycles. The Morgan fingerprint density at radius 2 is 1.39 bits per heavy atom. The standard InChI is InChI=1S/C45H39N3O/c1-47-44(33-46)39-31-43(49-45(32-39)29-9-4-10-30-45)28-17-34-15-22-40(23-16-34)48(41-24-18-37(19-25-41)35-11-5-2-6-12-35)42-26-20-38(21-27-42)36-13-7-3-8-14-36/h2,5-7,11-28,31H,3-4,8-10,29-30,32H2. The predicted molar refractivity (Wildman–Crippen MR) is 201 cm³/mol. The Hall–Kier alpha value is -5.84. The topological polar surface area (TPSA) is 40.6 Å². The first-order chi connectivity index (χ1) is 24.1. The summed E-state index contributed by atoms with van der Waals surface area (Å²) < 4.78 is 6.59. The van der Waals surface area contributed by atoms with Crippen molar-refractivity contribution in [2.45, 2.75) is 57.0 Å². The molecule has 49 heavy (non-hydrogen) atoms. The van der Waals surface area contributed by atoms with Crippen molar-refractivity contribution in [2.75, 3.05) is 4.90 Å². The number of hydrogen-bond donors (Lipinski definition) is 0. The molecule has 2 aliphatic carbocycles. The van der Waals surface area contributed by atoms with E-state index in [9.17, 15) is 5.26 Å². The van der Waals surface area contributed by atoms with Crippen molar-refractivity contribution in [1.29, 1.82) is 5.26 Å². The number of nitrogens with zero attached hydrogens (tertiary/aromatic N) is 3. The van der Waals surface area contributed by atoms with Gasteiger partial charge in [-0.2, -0.15) is 0 Å². The van der Waals surface area contributed by atoms with Gasteiger partial charge in [-0.15, -0.1) is 0 Å².